The van der Waals surface area contributed by atoms with E-state index in [1.54, 1.807) is 7.11 Å². The maximum absolute atomic E-state index is 10.4. The Hall–Kier alpha value is -0.200. The second-order valence-electron chi connectivity index (χ2n) is 6.42. The molecule has 3 aliphatic rings. The summed E-state index contributed by atoms with van der Waals surface area (Å²) in [7, 11) is 1.77. The van der Waals surface area contributed by atoms with Crippen LogP contribution in [0.3, 0.4) is 0 Å². The minimum Gasteiger partial charge on any atom is -0.391 e. The van der Waals surface area contributed by atoms with Crippen molar-refractivity contribution in [1.82, 2.24) is 4.90 Å². The fraction of sp³-hybridized carbons (Fsp3) is 1.00. The van der Waals surface area contributed by atoms with Gasteiger partial charge in [-0.2, -0.15) is 0 Å². The van der Waals surface area contributed by atoms with Crippen molar-refractivity contribution in [2.75, 3.05) is 40.0 Å². The van der Waals surface area contributed by atoms with Crippen molar-refractivity contribution in [3.05, 3.63) is 0 Å². The first kappa shape index (κ1) is 14.7. The van der Waals surface area contributed by atoms with Crippen LogP contribution in [-0.2, 0) is 14.2 Å². The minimum atomic E-state index is -0.409. The van der Waals surface area contributed by atoms with Gasteiger partial charge < -0.3 is 19.3 Å². The fourth-order valence-electron chi connectivity index (χ4n) is 3.94. The molecule has 0 aromatic rings. The van der Waals surface area contributed by atoms with Crippen molar-refractivity contribution >= 4 is 0 Å². The maximum atomic E-state index is 10.4. The van der Waals surface area contributed by atoms with E-state index in [4.69, 9.17) is 14.2 Å². The molecule has 1 saturated carbocycles. The van der Waals surface area contributed by atoms with Gasteiger partial charge >= 0.3 is 0 Å². The summed E-state index contributed by atoms with van der Waals surface area (Å²) in [6.45, 7) is 4.34. The molecular weight excluding hydrogens is 258 g/mol. The number of aliphatic hydroxyl groups excluding tert-OH is 1. The molecule has 2 heterocycles. The normalized spacial score (nSPS) is 35.7. The molecule has 1 spiro atoms. The average molecular weight is 285 g/mol. The predicted octanol–water partition coefficient (Wildman–Crippen LogP) is 1.00. The van der Waals surface area contributed by atoms with Crippen LogP contribution in [0.4, 0.5) is 0 Å². The molecule has 3 rings (SSSR count). The molecular formula is C15H27NO4. The molecule has 0 bridgehead atoms. The Morgan fingerprint density at radius 3 is 2.55 bits per heavy atom. The van der Waals surface area contributed by atoms with E-state index >= 15 is 0 Å². The van der Waals surface area contributed by atoms with Crippen molar-refractivity contribution in [2.24, 2.45) is 5.92 Å². The molecule has 0 radical (unpaired) electrons. The summed E-state index contributed by atoms with van der Waals surface area (Å²) in [4.78, 5) is 2.43. The van der Waals surface area contributed by atoms with Crippen LogP contribution >= 0.6 is 0 Å². The van der Waals surface area contributed by atoms with Crippen molar-refractivity contribution in [3.8, 4) is 0 Å². The molecule has 1 N–H and O–H groups in total. The number of nitrogens with zero attached hydrogens (tertiary/aromatic N) is 1. The van der Waals surface area contributed by atoms with Crippen molar-refractivity contribution < 1.29 is 19.3 Å². The lowest BCUT2D eigenvalue weighted by Crippen LogP contribution is -2.55. The van der Waals surface area contributed by atoms with Crippen LogP contribution < -0.4 is 0 Å². The van der Waals surface area contributed by atoms with Gasteiger partial charge in [0, 0.05) is 32.6 Å². The Labute approximate surface area is 121 Å². The lowest BCUT2D eigenvalue weighted by atomic mass is 9.84. The first-order valence-electron chi connectivity index (χ1n) is 7.91. The highest BCUT2D eigenvalue weighted by molar-refractivity contribution is 4.94. The summed E-state index contributed by atoms with van der Waals surface area (Å²) < 4.78 is 16.9. The molecule has 116 valence electrons. The van der Waals surface area contributed by atoms with Crippen molar-refractivity contribution in [2.45, 2.75) is 50.0 Å². The molecule has 0 aromatic heterocycles. The second-order valence-corrected chi connectivity index (χ2v) is 6.42. The molecule has 0 aromatic carbocycles. The number of piperidine rings is 1. The number of hydrogen-bond acceptors (Lipinski definition) is 5. The molecule has 5 nitrogen and oxygen atoms in total. The highest BCUT2D eigenvalue weighted by Gasteiger charge is 2.46. The second kappa shape index (κ2) is 6.28. The lowest BCUT2D eigenvalue weighted by molar-refractivity contribution is -0.206. The maximum Gasteiger partial charge on any atom is 0.170 e. The van der Waals surface area contributed by atoms with Gasteiger partial charge in [0.2, 0.25) is 0 Å². The number of ether oxygens (including phenoxy) is 3. The van der Waals surface area contributed by atoms with E-state index in [0.29, 0.717) is 19.1 Å². The van der Waals surface area contributed by atoms with E-state index in [2.05, 4.69) is 4.90 Å². The van der Waals surface area contributed by atoms with E-state index in [1.165, 1.54) is 0 Å². The van der Waals surface area contributed by atoms with Crippen LogP contribution in [0.1, 0.15) is 32.1 Å². The first-order valence-corrected chi connectivity index (χ1v) is 7.91. The van der Waals surface area contributed by atoms with Gasteiger partial charge in [-0.1, -0.05) is 0 Å². The Bertz CT molecular complexity index is 311. The monoisotopic (exact) mass is 285 g/mol. The smallest absolute Gasteiger partial charge is 0.170 e. The van der Waals surface area contributed by atoms with Gasteiger partial charge in [-0.05, 0) is 38.3 Å². The highest BCUT2D eigenvalue weighted by Crippen LogP contribution is 2.38. The Balaban J connectivity index is 1.58. The van der Waals surface area contributed by atoms with Crippen LogP contribution in [0.5, 0.6) is 0 Å². The Morgan fingerprint density at radius 2 is 1.90 bits per heavy atom. The van der Waals surface area contributed by atoms with Crippen LogP contribution in [0, 0.1) is 5.92 Å². The topological polar surface area (TPSA) is 51.2 Å². The third-order valence-corrected chi connectivity index (χ3v) is 5.12. The van der Waals surface area contributed by atoms with Crippen molar-refractivity contribution in [1.29, 1.82) is 0 Å². The summed E-state index contributed by atoms with van der Waals surface area (Å²) in [5.41, 5.74) is 0. The summed E-state index contributed by atoms with van der Waals surface area (Å²) >= 11 is 0. The fourth-order valence-corrected chi connectivity index (χ4v) is 3.94. The van der Waals surface area contributed by atoms with Gasteiger partial charge in [0.25, 0.3) is 0 Å². The Morgan fingerprint density at radius 1 is 1.20 bits per heavy atom. The van der Waals surface area contributed by atoms with E-state index in [1.807, 2.05) is 0 Å². The molecule has 2 unspecified atom stereocenters. The van der Waals surface area contributed by atoms with Crippen LogP contribution in [0.15, 0.2) is 0 Å². The average Bonchev–Trinajstić information content (AvgIpc) is 2.92. The van der Waals surface area contributed by atoms with Crippen LogP contribution in [0.2, 0.25) is 0 Å². The van der Waals surface area contributed by atoms with Crippen LogP contribution in [0.25, 0.3) is 0 Å². The quantitative estimate of drug-likeness (QED) is 0.838. The van der Waals surface area contributed by atoms with Crippen molar-refractivity contribution in [3.63, 3.8) is 0 Å². The van der Waals surface area contributed by atoms with E-state index < -0.39 is 5.79 Å². The molecule has 5 heteroatoms. The zero-order valence-electron chi connectivity index (χ0n) is 12.4. The predicted molar refractivity (Wildman–Crippen MR) is 74.5 cm³/mol. The van der Waals surface area contributed by atoms with Gasteiger partial charge in [-0.3, -0.25) is 4.90 Å². The molecule has 1 aliphatic carbocycles. The SMILES string of the molecule is COCC1CCN(C2CC3(CCC2O)OCCO3)CC1. The van der Waals surface area contributed by atoms with Crippen LogP contribution in [-0.4, -0.2) is 68.0 Å². The highest BCUT2D eigenvalue weighted by atomic mass is 16.7. The molecule has 0 amide bonds. The van der Waals surface area contributed by atoms with E-state index in [9.17, 15) is 5.11 Å². The zero-order chi connectivity index (χ0) is 14.0. The molecule has 2 atom stereocenters. The van der Waals surface area contributed by atoms with Gasteiger partial charge in [-0.25, -0.2) is 0 Å². The van der Waals surface area contributed by atoms with E-state index in [0.717, 1.165) is 51.8 Å². The summed E-state index contributed by atoms with van der Waals surface area (Å²) in [6.07, 6.45) is 4.49. The number of rotatable bonds is 3. The first-order chi connectivity index (χ1) is 9.72. The van der Waals surface area contributed by atoms with E-state index in [-0.39, 0.29) is 12.1 Å². The minimum absolute atomic E-state index is 0.186. The lowest BCUT2D eigenvalue weighted by Gasteiger charge is -2.46. The summed E-state index contributed by atoms with van der Waals surface area (Å²) in [5, 5.41) is 10.4. The van der Waals surface area contributed by atoms with Gasteiger partial charge in [0.05, 0.1) is 19.3 Å². The number of hydrogen-bond donors (Lipinski definition) is 1. The third kappa shape index (κ3) is 3.02. The summed E-state index contributed by atoms with van der Waals surface area (Å²) in [6, 6.07) is 0.186. The number of aliphatic hydroxyl groups is 1. The molecule has 2 aliphatic heterocycles. The van der Waals surface area contributed by atoms with Gasteiger partial charge in [0.1, 0.15) is 0 Å². The largest absolute Gasteiger partial charge is 0.391 e. The number of methoxy groups -OCH3 is 1. The molecule has 20 heavy (non-hydrogen) atoms. The molecule has 3 fully saturated rings. The zero-order valence-corrected chi connectivity index (χ0v) is 12.4. The number of likely N-dealkylation sites (tertiary alicyclic amines) is 1. The standard InChI is InChI=1S/C15H27NO4/c1-18-11-12-3-6-16(7-4-12)13-10-15(5-2-14(13)17)19-8-9-20-15/h12-14,17H,2-11H2,1H3. The third-order valence-electron chi connectivity index (χ3n) is 5.12. The van der Waals surface area contributed by atoms with Gasteiger partial charge in [-0.15, -0.1) is 0 Å². The Kier molecular flexibility index (Phi) is 4.62. The summed E-state index contributed by atoms with van der Waals surface area (Å²) in [5.74, 6) is 0.262. The molecule has 2 saturated heterocycles. The van der Waals surface area contributed by atoms with Gasteiger partial charge in [0.15, 0.2) is 5.79 Å².